The van der Waals surface area contributed by atoms with Gasteiger partial charge in [-0.2, -0.15) is 0 Å². The Morgan fingerprint density at radius 1 is 1.06 bits per heavy atom. The van der Waals surface area contributed by atoms with Gasteiger partial charge in [-0.05, 0) is 27.2 Å². The topological polar surface area (TPSA) is 52.6 Å². The monoisotopic (exact) mass is 254 g/mol. The van der Waals surface area contributed by atoms with Gasteiger partial charge in [0.15, 0.2) is 0 Å². The van der Waals surface area contributed by atoms with E-state index in [0.717, 1.165) is 12.8 Å². The standard InChI is InChI=1S/C14H22O4/c1-7-8-9-17-12(15)10(2)11(3)13(16)18-14(4,5)6/h2-3,7-9H2,1,4-6H3. The maximum absolute atomic E-state index is 11.6. The fourth-order valence-corrected chi connectivity index (χ4v) is 0.982. The van der Waals surface area contributed by atoms with E-state index in [-0.39, 0.29) is 11.1 Å². The fraction of sp³-hybridized carbons (Fsp3) is 0.571. The lowest BCUT2D eigenvalue weighted by atomic mass is 10.1. The maximum atomic E-state index is 11.6. The molecule has 0 radical (unpaired) electrons. The van der Waals surface area contributed by atoms with E-state index < -0.39 is 17.5 Å². The van der Waals surface area contributed by atoms with Crippen LogP contribution in [0.4, 0.5) is 0 Å². The minimum absolute atomic E-state index is 0.0552. The molecule has 0 bridgehead atoms. The Labute approximate surface area is 109 Å². The lowest BCUT2D eigenvalue weighted by Crippen LogP contribution is -2.26. The van der Waals surface area contributed by atoms with Gasteiger partial charge in [-0.25, -0.2) is 9.59 Å². The Balaban J connectivity index is 4.37. The first kappa shape index (κ1) is 16.4. The third-order valence-electron chi connectivity index (χ3n) is 1.99. The van der Waals surface area contributed by atoms with E-state index in [1.807, 2.05) is 6.92 Å². The molecule has 0 heterocycles. The summed E-state index contributed by atoms with van der Waals surface area (Å²) in [5.41, 5.74) is -0.751. The van der Waals surface area contributed by atoms with E-state index in [1.54, 1.807) is 20.8 Å². The minimum atomic E-state index is -0.653. The van der Waals surface area contributed by atoms with Crippen molar-refractivity contribution < 1.29 is 19.1 Å². The van der Waals surface area contributed by atoms with Gasteiger partial charge in [0.2, 0.25) is 0 Å². The van der Waals surface area contributed by atoms with Crippen molar-refractivity contribution in [2.45, 2.75) is 46.1 Å². The van der Waals surface area contributed by atoms with Crippen LogP contribution in [-0.4, -0.2) is 24.1 Å². The van der Waals surface area contributed by atoms with E-state index in [1.165, 1.54) is 0 Å². The molecule has 0 N–H and O–H groups in total. The average Bonchev–Trinajstić information content (AvgIpc) is 2.24. The molecule has 0 aliphatic carbocycles. The number of unbranched alkanes of at least 4 members (excludes halogenated alkanes) is 1. The van der Waals surface area contributed by atoms with E-state index in [9.17, 15) is 9.59 Å². The summed E-state index contributed by atoms with van der Waals surface area (Å²) in [5, 5.41) is 0. The molecule has 4 heteroatoms. The van der Waals surface area contributed by atoms with E-state index >= 15 is 0 Å². The molecule has 102 valence electrons. The van der Waals surface area contributed by atoms with Gasteiger partial charge in [-0.3, -0.25) is 0 Å². The van der Waals surface area contributed by atoms with Gasteiger partial charge >= 0.3 is 11.9 Å². The highest BCUT2D eigenvalue weighted by molar-refractivity contribution is 6.06. The SMILES string of the molecule is C=C(C(=C)C(=O)OC(C)(C)C)C(=O)OCCCC. The van der Waals surface area contributed by atoms with Crippen molar-refractivity contribution >= 4 is 11.9 Å². The van der Waals surface area contributed by atoms with Crippen molar-refractivity contribution in [3.63, 3.8) is 0 Å². The fourth-order valence-electron chi connectivity index (χ4n) is 0.982. The zero-order valence-electron chi connectivity index (χ0n) is 11.7. The van der Waals surface area contributed by atoms with Crippen LogP contribution in [0.2, 0.25) is 0 Å². The van der Waals surface area contributed by atoms with Crippen molar-refractivity contribution in [1.29, 1.82) is 0 Å². The molecule has 0 saturated heterocycles. The van der Waals surface area contributed by atoms with Crippen LogP contribution in [-0.2, 0) is 19.1 Å². The third-order valence-corrected chi connectivity index (χ3v) is 1.99. The van der Waals surface area contributed by atoms with Gasteiger partial charge in [0, 0.05) is 0 Å². The highest BCUT2D eigenvalue weighted by Gasteiger charge is 2.23. The largest absolute Gasteiger partial charge is 0.462 e. The van der Waals surface area contributed by atoms with Gasteiger partial charge in [0.1, 0.15) is 5.60 Å². The number of esters is 2. The highest BCUT2D eigenvalue weighted by Crippen LogP contribution is 2.15. The van der Waals surface area contributed by atoms with Gasteiger partial charge in [0.05, 0.1) is 17.8 Å². The summed E-state index contributed by atoms with van der Waals surface area (Å²) in [6.07, 6.45) is 1.70. The molecule has 18 heavy (non-hydrogen) atoms. The van der Waals surface area contributed by atoms with Gasteiger partial charge in [-0.15, -0.1) is 0 Å². The molecule has 0 aliphatic rings. The second-order valence-corrected chi connectivity index (χ2v) is 4.95. The molecule has 0 aliphatic heterocycles. The molecular formula is C14H22O4. The summed E-state index contributed by atoms with van der Waals surface area (Å²) in [7, 11) is 0. The molecule has 0 amide bonds. The lowest BCUT2D eigenvalue weighted by Gasteiger charge is -2.20. The molecule has 0 saturated carbocycles. The van der Waals surface area contributed by atoms with Crippen molar-refractivity contribution in [1.82, 2.24) is 0 Å². The predicted octanol–water partition coefficient (Wildman–Crippen LogP) is 2.78. The first-order valence-electron chi connectivity index (χ1n) is 5.97. The van der Waals surface area contributed by atoms with E-state index in [4.69, 9.17) is 9.47 Å². The molecule has 0 aromatic carbocycles. The van der Waals surface area contributed by atoms with Crippen LogP contribution in [0, 0.1) is 0 Å². The Morgan fingerprint density at radius 2 is 1.56 bits per heavy atom. The van der Waals surface area contributed by atoms with Crippen LogP contribution >= 0.6 is 0 Å². The Hall–Kier alpha value is -1.58. The zero-order chi connectivity index (χ0) is 14.3. The van der Waals surface area contributed by atoms with Crippen molar-refractivity contribution in [2.75, 3.05) is 6.61 Å². The number of carbonyl (C=O) groups excluding carboxylic acids is 2. The van der Waals surface area contributed by atoms with Crippen LogP contribution < -0.4 is 0 Å². The minimum Gasteiger partial charge on any atom is -0.462 e. The van der Waals surface area contributed by atoms with Crippen LogP contribution in [0.5, 0.6) is 0 Å². The van der Waals surface area contributed by atoms with E-state index in [0.29, 0.717) is 6.61 Å². The van der Waals surface area contributed by atoms with E-state index in [2.05, 4.69) is 13.2 Å². The molecule has 4 nitrogen and oxygen atoms in total. The maximum Gasteiger partial charge on any atom is 0.338 e. The number of ether oxygens (including phenoxy) is 2. The molecule has 0 unspecified atom stereocenters. The quantitative estimate of drug-likeness (QED) is 0.316. The Kier molecular flexibility index (Phi) is 6.37. The normalized spacial score (nSPS) is 10.7. The molecule has 0 aromatic rings. The van der Waals surface area contributed by atoms with Crippen molar-refractivity contribution in [3.8, 4) is 0 Å². The second-order valence-electron chi connectivity index (χ2n) is 4.95. The molecule has 0 spiro atoms. The summed E-state index contributed by atoms with van der Waals surface area (Å²) in [6, 6.07) is 0. The number of carbonyl (C=O) groups is 2. The lowest BCUT2D eigenvalue weighted by molar-refractivity contribution is -0.150. The third kappa shape index (κ3) is 6.23. The molecule has 0 aromatic heterocycles. The average molecular weight is 254 g/mol. The van der Waals surface area contributed by atoms with Crippen LogP contribution in [0.25, 0.3) is 0 Å². The number of hydrogen-bond acceptors (Lipinski definition) is 4. The first-order chi connectivity index (χ1) is 8.19. The highest BCUT2D eigenvalue weighted by atomic mass is 16.6. The molecule has 0 rings (SSSR count). The van der Waals surface area contributed by atoms with Crippen LogP contribution in [0.3, 0.4) is 0 Å². The van der Waals surface area contributed by atoms with Crippen molar-refractivity contribution in [3.05, 3.63) is 24.3 Å². The smallest absolute Gasteiger partial charge is 0.338 e. The van der Waals surface area contributed by atoms with Gasteiger partial charge in [0.25, 0.3) is 0 Å². The number of hydrogen-bond donors (Lipinski definition) is 0. The van der Waals surface area contributed by atoms with Gasteiger partial charge in [-0.1, -0.05) is 26.5 Å². The Morgan fingerprint density at radius 3 is 2.00 bits per heavy atom. The Bertz CT molecular complexity index is 347. The summed E-state index contributed by atoms with van der Waals surface area (Å²) < 4.78 is 10.0. The second kappa shape index (κ2) is 6.99. The summed E-state index contributed by atoms with van der Waals surface area (Å²) in [5.74, 6) is -1.28. The zero-order valence-corrected chi connectivity index (χ0v) is 11.7. The summed E-state index contributed by atoms with van der Waals surface area (Å²) in [6.45, 7) is 14.5. The molecule has 0 fully saturated rings. The van der Waals surface area contributed by atoms with Gasteiger partial charge < -0.3 is 9.47 Å². The number of rotatable bonds is 6. The molecule has 0 atom stereocenters. The first-order valence-corrected chi connectivity index (χ1v) is 5.97. The summed E-state index contributed by atoms with van der Waals surface area (Å²) in [4.78, 5) is 23.2. The van der Waals surface area contributed by atoms with Crippen LogP contribution in [0.1, 0.15) is 40.5 Å². The van der Waals surface area contributed by atoms with Crippen LogP contribution in [0.15, 0.2) is 24.3 Å². The predicted molar refractivity (Wildman–Crippen MR) is 70.0 cm³/mol. The summed E-state index contributed by atoms with van der Waals surface area (Å²) >= 11 is 0. The molecular weight excluding hydrogens is 232 g/mol. The van der Waals surface area contributed by atoms with Crippen molar-refractivity contribution in [2.24, 2.45) is 0 Å².